The van der Waals surface area contributed by atoms with Gasteiger partial charge in [-0.15, -0.1) is 0 Å². The maximum Gasteiger partial charge on any atom is 0.0839 e. The minimum atomic E-state index is -2.32. The van der Waals surface area contributed by atoms with E-state index in [1.807, 2.05) is 0 Å². The molecular formula is CH3O3SY-. The summed E-state index contributed by atoms with van der Waals surface area (Å²) in [5, 5.41) is 0. The molecule has 0 N–H and O–H groups in total. The minimum Gasteiger partial charge on any atom is -0.750 e. The summed E-state index contributed by atoms with van der Waals surface area (Å²) < 4.78 is 22.0. The topological polar surface area (TPSA) is 49.4 Å². The van der Waals surface area contributed by atoms with Gasteiger partial charge in [-0.05, 0) is 0 Å². The van der Waals surface area contributed by atoms with E-state index in [0.717, 1.165) is 7.11 Å². The van der Waals surface area contributed by atoms with Crippen LogP contribution in [0.25, 0.3) is 0 Å². The van der Waals surface area contributed by atoms with Gasteiger partial charge in [-0.2, -0.15) is 0 Å². The first-order valence-electron chi connectivity index (χ1n) is 0.908. The van der Waals surface area contributed by atoms with Gasteiger partial charge in [0.1, 0.15) is 0 Å². The van der Waals surface area contributed by atoms with Crippen molar-refractivity contribution in [2.75, 3.05) is 7.11 Å². The summed E-state index contributed by atoms with van der Waals surface area (Å²) in [5.74, 6) is 0. The molecule has 0 saturated heterocycles. The normalized spacial score (nSPS) is 12.3. The Hall–Kier alpha value is 1.17. The second-order valence-electron chi connectivity index (χ2n) is 0.371. The summed E-state index contributed by atoms with van der Waals surface area (Å²) in [4.78, 5) is 0. The minimum absolute atomic E-state index is 0. The molecule has 0 amide bonds. The van der Waals surface area contributed by atoms with E-state index in [1.165, 1.54) is 0 Å². The molecule has 1 radical (unpaired) electrons. The first-order valence-corrected chi connectivity index (χ1v) is 1.91. The predicted octanol–water partition coefficient (Wildman–Crippen LogP) is -0.576. The molecule has 0 rings (SSSR count). The van der Waals surface area contributed by atoms with Crippen LogP contribution in [0.15, 0.2) is 0 Å². The Morgan fingerprint density at radius 3 is 2.00 bits per heavy atom. The molecule has 0 aliphatic rings. The van der Waals surface area contributed by atoms with Crippen LogP contribution in [0.1, 0.15) is 0 Å². The fourth-order valence-corrected chi connectivity index (χ4v) is 0. The molecule has 6 heavy (non-hydrogen) atoms. The van der Waals surface area contributed by atoms with Crippen molar-refractivity contribution < 1.29 is 45.7 Å². The van der Waals surface area contributed by atoms with Gasteiger partial charge in [0.05, 0.1) is 18.5 Å². The van der Waals surface area contributed by atoms with Gasteiger partial charge in [-0.25, -0.2) is 4.21 Å². The molecule has 0 heterocycles. The molecule has 3 nitrogen and oxygen atoms in total. The zero-order valence-corrected chi connectivity index (χ0v) is 6.87. The molecule has 1 unspecified atom stereocenters. The van der Waals surface area contributed by atoms with Crippen LogP contribution < -0.4 is 0 Å². The Morgan fingerprint density at radius 2 is 2.00 bits per heavy atom. The Balaban J connectivity index is 0. The molecule has 0 aliphatic heterocycles. The van der Waals surface area contributed by atoms with E-state index >= 15 is 0 Å². The van der Waals surface area contributed by atoms with Gasteiger partial charge < -0.3 is 8.74 Å². The van der Waals surface area contributed by atoms with E-state index in [4.69, 9.17) is 8.76 Å². The van der Waals surface area contributed by atoms with Gasteiger partial charge in [-0.3, -0.25) is 0 Å². The third-order valence-corrected chi connectivity index (χ3v) is 0.408. The van der Waals surface area contributed by atoms with Crippen LogP contribution in [-0.4, -0.2) is 15.9 Å². The van der Waals surface area contributed by atoms with Crippen LogP contribution in [-0.2, 0) is 48.3 Å². The average Bonchev–Trinajstić information content (AvgIpc) is 1.38. The molecule has 35 valence electrons. The van der Waals surface area contributed by atoms with Gasteiger partial charge in [-0.1, -0.05) is 0 Å². The average molecular weight is 184 g/mol. The first-order chi connectivity index (χ1) is 2.27. The molecule has 1 atom stereocenters. The Bertz CT molecular complexity index is 46.1. The van der Waals surface area contributed by atoms with Crippen molar-refractivity contribution in [2.24, 2.45) is 0 Å². The molecule has 0 aromatic rings. The summed E-state index contributed by atoms with van der Waals surface area (Å²) in [6, 6.07) is 0. The monoisotopic (exact) mass is 184 g/mol. The van der Waals surface area contributed by atoms with Crippen LogP contribution in [0.4, 0.5) is 0 Å². The molecule has 0 fully saturated rings. The zero-order chi connectivity index (χ0) is 4.28. The summed E-state index contributed by atoms with van der Waals surface area (Å²) in [6.07, 6.45) is 0. The van der Waals surface area contributed by atoms with E-state index in [0.29, 0.717) is 0 Å². The van der Waals surface area contributed by atoms with Crippen molar-refractivity contribution in [2.45, 2.75) is 0 Å². The predicted molar refractivity (Wildman–Crippen MR) is 15.9 cm³/mol. The molecule has 0 spiro atoms. The summed E-state index contributed by atoms with van der Waals surface area (Å²) in [5.41, 5.74) is 0. The number of hydrogen-bond donors (Lipinski definition) is 0. The Morgan fingerprint density at radius 1 is 1.83 bits per heavy atom. The largest absolute Gasteiger partial charge is 0.750 e. The van der Waals surface area contributed by atoms with Gasteiger partial charge in [0.15, 0.2) is 0 Å². The van der Waals surface area contributed by atoms with E-state index in [1.54, 1.807) is 0 Å². The first kappa shape index (κ1) is 10.2. The molecular weight excluding hydrogens is 181 g/mol. The van der Waals surface area contributed by atoms with Gasteiger partial charge >= 0.3 is 0 Å². The maximum atomic E-state index is 9.15. The maximum absolute atomic E-state index is 9.15. The zero-order valence-electron chi connectivity index (χ0n) is 3.21. The standard InChI is InChI=1S/CH4O3S.Y/c1-4-5(2)3;/h1H3,(H,2,3);/p-1. The second-order valence-corrected chi connectivity index (χ2v) is 1.11. The van der Waals surface area contributed by atoms with Crippen molar-refractivity contribution in [1.82, 2.24) is 0 Å². The smallest absolute Gasteiger partial charge is 0.0839 e. The van der Waals surface area contributed by atoms with E-state index in [9.17, 15) is 0 Å². The third kappa shape index (κ3) is 8.95. The van der Waals surface area contributed by atoms with Gasteiger partial charge in [0.25, 0.3) is 0 Å². The van der Waals surface area contributed by atoms with Crippen LogP contribution in [0.2, 0.25) is 0 Å². The van der Waals surface area contributed by atoms with Gasteiger partial charge in [0.2, 0.25) is 0 Å². The molecule has 0 aromatic carbocycles. The fraction of sp³-hybridized carbons (Fsp3) is 1.00. The molecule has 0 aliphatic carbocycles. The van der Waals surface area contributed by atoms with Crippen molar-refractivity contribution in [3.63, 3.8) is 0 Å². The molecule has 0 aromatic heterocycles. The van der Waals surface area contributed by atoms with E-state index in [2.05, 4.69) is 4.18 Å². The van der Waals surface area contributed by atoms with Crippen molar-refractivity contribution >= 4 is 11.4 Å². The quantitative estimate of drug-likeness (QED) is 0.512. The molecule has 5 heteroatoms. The van der Waals surface area contributed by atoms with Crippen molar-refractivity contribution in [1.29, 1.82) is 0 Å². The summed E-state index contributed by atoms with van der Waals surface area (Å²) >= 11 is -2.32. The molecule has 0 bridgehead atoms. The molecule has 0 saturated carbocycles. The second kappa shape index (κ2) is 6.17. The van der Waals surface area contributed by atoms with E-state index < -0.39 is 11.4 Å². The van der Waals surface area contributed by atoms with E-state index in [-0.39, 0.29) is 32.7 Å². The Kier molecular flexibility index (Phi) is 10.5. The Labute approximate surface area is 63.8 Å². The summed E-state index contributed by atoms with van der Waals surface area (Å²) in [6.45, 7) is 0. The summed E-state index contributed by atoms with van der Waals surface area (Å²) in [7, 11) is 1.09. The van der Waals surface area contributed by atoms with Crippen molar-refractivity contribution in [3.8, 4) is 0 Å². The van der Waals surface area contributed by atoms with Crippen LogP contribution in [0, 0.1) is 0 Å². The van der Waals surface area contributed by atoms with Gasteiger partial charge in [0, 0.05) is 32.7 Å². The van der Waals surface area contributed by atoms with Crippen LogP contribution in [0.5, 0.6) is 0 Å². The fourth-order valence-electron chi connectivity index (χ4n) is 0. The SMILES string of the molecule is COS(=O)[O-].[Y]. The number of rotatable bonds is 1. The third-order valence-electron chi connectivity index (χ3n) is 0.136. The van der Waals surface area contributed by atoms with Crippen molar-refractivity contribution in [3.05, 3.63) is 0 Å². The van der Waals surface area contributed by atoms with Crippen LogP contribution >= 0.6 is 0 Å². The van der Waals surface area contributed by atoms with Crippen LogP contribution in [0.3, 0.4) is 0 Å². The number of hydrogen-bond acceptors (Lipinski definition) is 3.